The molecule has 0 spiro atoms. The molecule has 3 nitrogen and oxygen atoms in total. The molecular formula is C15H20N2O. The molecule has 1 aromatic rings. The van der Waals surface area contributed by atoms with Crippen molar-refractivity contribution in [1.29, 1.82) is 0 Å². The van der Waals surface area contributed by atoms with Gasteiger partial charge in [-0.2, -0.15) is 0 Å². The van der Waals surface area contributed by atoms with Crippen LogP contribution in [0.2, 0.25) is 0 Å². The van der Waals surface area contributed by atoms with E-state index in [1.54, 1.807) is 0 Å². The van der Waals surface area contributed by atoms with Crippen molar-refractivity contribution >= 4 is 5.91 Å². The highest BCUT2D eigenvalue weighted by atomic mass is 16.1. The Labute approximate surface area is 108 Å². The van der Waals surface area contributed by atoms with E-state index < -0.39 is 0 Å². The van der Waals surface area contributed by atoms with Gasteiger partial charge in [0.2, 0.25) is 5.91 Å². The third-order valence-corrected chi connectivity index (χ3v) is 3.35. The molecule has 1 aliphatic carbocycles. The lowest BCUT2D eigenvalue weighted by atomic mass is 10.0. The Morgan fingerprint density at radius 1 is 1.44 bits per heavy atom. The molecule has 18 heavy (non-hydrogen) atoms. The van der Waals surface area contributed by atoms with Gasteiger partial charge in [-0.25, -0.2) is 0 Å². The molecule has 3 N–H and O–H groups in total. The highest BCUT2D eigenvalue weighted by molar-refractivity contribution is 5.81. The highest BCUT2D eigenvalue weighted by Crippen LogP contribution is 2.19. The van der Waals surface area contributed by atoms with Gasteiger partial charge in [0.25, 0.3) is 0 Å². The molecule has 2 rings (SSSR count). The predicted molar refractivity (Wildman–Crippen MR) is 73.0 cm³/mol. The molecule has 3 heteroatoms. The quantitative estimate of drug-likeness (QED) is 0.800. The van der Waals surface area contributed by atoms with Crippen molar-refractivity contribution in [2.45, 2.75) is 32.4 Å². The van der Waals surface area contributed by atoms with Gasteiger partial charge in [-0.05, 0) is 25.8 Å². The molecule has 0 radical (unpaired) electrons. The SMILES string of the molecule is Cc1cccc([C@H](C)NC(=O)C2C=CC(N)C2)c1. The zero-order valence-electron chi connectivity index (χ0n) is 10.9. The molecule has 1 amide bonds. The summed E-state index contributed by atoms with van der Waals surface area (Å²) in [4.78, 5) is 12.0. The normalized spacial score (nSPS) is 23.9. The van der Waals surface area contributed by atoms with Gasteiger partial charge in [0.15, 0.2) is 0 Å². The minimum Gasteiger partial charge on any atom is -0.349 e. The van der Waals surface area contributed by atoms with E-state index in [0.29, 0.717) is 6.42 Å². The van der Waals surface area contributed by atoms with E-state index in [4.69, 9.17) is 5.73 Å². The predicted octanol–water partition coefficient (Wildman–Crippen LogP) is 2.08. The molecule has 2 unspecified atom stereocenters. The molecule has 1 aliphatic rings. The van der Waals surface area contributed by atoms with Crippen LogP contribution in [0, 0.1) is 12.8 Å². The Kier molecular flexibility index (Phi) is 3.82. The van der Waals surface area contributed by atoms with Crippen LogP contribution in [0.5, 0.6) is 0 Å². The number of hydrogen-bond donors (Lipinski definition) is 2. The summed E-state index contributed by atoms with van der Waals surface area (Å²) in [6.07, 6.45) is 4.52. The second-order valence-corrected chi connectivity index (χ2v) is 5.04. The summed E-state index contributed by atoms with van der Waals surface area (Å²) in [6, 6.07) is 8.25. The van der Waals surface area contributed by atoms with Gasteiger partial charge in [0, 0.05) is 6.04 Å². The fourth-order valence-electron chi connectivity index (χ4n) is 2.26. The molecule has 0 bridgehead atoms. The Bertz CT molecular complexity index is 467. The van der Waals surface area contributed by atoms with Crippen molar-refractivity contribution in [1.82, 2.24) is 5.32 Å². The van der Waals surface area contributed by atoms with Crippen LogP contribution in [-0.4, -0.2) is 11.9 Å². The number of nitrogens with two attached hydrogens (primary N) is 1. The molecule has 96 valence electrons. The second kappa shape index (κ2) is 5.36. The Hall–Kier alpha value is -1.61. The number of amides is 1. The zero-order valence-corrected chi connectivity index (χ0v) is 10.9. The topological polar surface area (TPSA) is 55.1 Å². The third kappa shape index (κ3) is 2.99. The fraction of sp³-hybridized carbons (Fsp3) is 0.400. The van der Waals surface area contributed by atoms with Crippen LogP contribution in [0.25, 0.3) is 0 Å². The number of rotatable bonds is 3. The van der Waals surface area contributed by atoms with Crippen LogP contribution >= 0.6 is 0 Å². The molecule has 0 aromatic heterocycles. The average molecular weight is 244 g/mol. The minimum atomic E-state index is -0.0766. The van der Waals surface area contributed by atoms with E-state index >= 15 is 0 Å². The van der Waals surface area contributed by atoms with Gasteiger partial charge in [-0.1, -0.05) is 42.0 Å². The van der Waals surface area contributed by atoms with Crippen molar-refractivity contribution in [2.75, 3.05) is 0 Å². The molecule has 0 saturated heterocycles. The van der Waals surface area contributed by atoms with E-state index in [1.165, 1.54) is 5.56 Å². The first-order valence-electron chi connectivity index (χ1n) is 6.37. The molecule has 0 heterocycles. The van der Waals surface area contributed by atoms with E-state index in [-0.39, 0.29) is 23.9 Å². The van der Waals surface area contributed by atoms with Crippen LogP contribution < -0.4 is 11.1 Å². The van der Waals surface area contributed by atoms with Crippen LogP contribution in [0.3, 0.4) is 0 Å². The van der Waals surface area contributed by atoms with Crippen molar-refractivity contribution in [3.63, 3.8) is 0 Å². The van der Waals surface area contributed by atoms with Crippen LogP contribution in [0.1, 0.15) is 30.5 Å². The molecule has 0 aliphatic heterocycles. The lowest BCUT2D eigenvalue weighted by Gasteiger charge is -2.17. The number of nitrogens with one attached hydrogen (secondary N) is 1. The van der Waals surface area contributed by atoms with Gasteiger partial charge in [0.1, 0.15) is 0 Å². The number of carbonyl (C=O) groups is 1. The second-order valence-electron chi connectivity index (χ2n) is 5.04. The van der Waals surface area contributed by atoms with Crippen molar-refractivity contribution in [2.24, 2.45) is 11.7 Å². The standard InChI is InChI=1S/C15H20N2O/c1-10-4-3-5-12(8-10)11(2)17-15(18)13-6-7-14(16)9-13/h3-8,11,13-14H,9,16H2,1-2H3,(H,17,18)/t11-,13?,14?/m0/s1. The van der Waals surface area contributed by atoms with E-state index in [9.17, 15) is 4.79 Å². The molecular weight excluding hydrogens is 224 g/mol. The van der Waals surface area contributed by atoms with Gasteiger partial charge < -0.3 is 11.1 Å². The maximum absolute atomic E-state index is 12.0. The number of hydrogen-bond acceptors (Lipinski definition) is 2. The van der Waals surface area contributed by atoms with Crippen LogP contribution in [0.4, 0.5) is 0 Å². The molecule has 3 atom stereocenters. The zero-order chi connectivity index (χ0) is 13.1. The molecule has 0 saturated carbocycles. The van der Waals surface area contributed by atoms with E-state index in [2.05, 4.69) is 24.4 Å². The monoisotopic (exact) mass is 244 g/mol. The van der Waals surface area contributed by atoms with Gasteiger partial charge >= 0.3 is 0 Å². The minimum absolute atomic E-state index is 0.0232. The third-order valence-electron chi connectivity index (χ3n) is 3.35. The van der Waals surface area contributed by atoms with E-state index in [0.717, 1.165) is 5.56 Å². The van der Waals surface area contributed by atoms with Gasteiger partial charge in [0.05, 0.1) is 12.0 Å². The lowest BCUT2D eigenvalue weighted by molar-refractivity contribution is -0.124. The largest absolute Gasteiger partial charge is 0.349 e. The first kappa shape index (κ1) is 12.8. The van der Waals surface area contributed by atoms with E-state index in [1.807, 2.05) is 31.2 Å². The van der Waals surface area contributed by atoms with Gasteiger partial charge in [-0.15, -0.1) is 0 Å². The van der Waals surface area contributed by atoms with Crippen molar-refractivity contribution in [3.05, 3.63) is 47.5 Å². The Balaban J connectivity index is 1.97. The fourth-order valence-corrected chi connectivity index (χ4v) is 2.26. The molecule has 1 aromatic carbocycles. The Morgan fingerprint density at radius 2 is 2.22 bits per heavy atom. The summed E-state index contributed by atoms with van der Waals surface area (Å²) in [5, 5.41) is 3.04. The van der Waals surface area contributed by atoms with Crippen LogP contribution in [-0.2, 0) is 4.79 Å². The number of carbonyl (C=O) groups excluding carboxylic acids is 1. The van der Waals surface area contributed by atoms with Gasteiger partial charge in [-0.3, -0.25) is 4.79 Å². The Morgan fingerprint density at radius 3 is 2.83 bits per heavy atom. The molecule has 0 fully saturated rings. The number of aryl methyl sites for hydroxylation is 1. The van der Waals surface area contributed by atoms with Crippen molar-refractivity contribution < 1.29 is 4.79 Å². The first-order valence-corrected chi connectivity index (χ1v) is 6.37. The summed E-state index contributed by atoms with van der Waals surface area (Å²) in [7, 11) is 0. The maximum atomic E-state index is 12.0. The summed E-state index contributed by atoms with van der Waals surface area (Å²) < 4.78 is 0. The van der Waals surface area contributed by atoms with Crippen LogP contribution in [0.15, 0.2) is 36.4 Å². The first-order chi connectivity index (χ1) is 8.56. The maximum Gasteiger partial charge on any atom is 0.227 e. The smallest absolute Gasteiger partial charge is 0.227 e. The van der Waals surface area contributed by atoms with Crippen molar-refractivity contribution in [3.8, 4) is 0 Å². The summed E-state index contributed by atoms with van der Waals surface area (Å²) in [5.74, 6) is -0.0135. The summed E-state index contributed by atoms with van der Waals surface area (Å²) >= 11 is 0. The highest BCUT2D eigenvalue weighted by Gasteiger charge is 2.23. The number of benzene rings is 1. The summed E-state index contributed by atoms with van der Waals surface area (Å²) in [6.45, 7) is 4.06. The average Bonchev–Trinajstić information content (AvgIpc) is 2.76. The lowest BCUT2D eigenvalue weighted by Crippen LogP contribution is -2.32. The summed E-state index contributed by atoms with van der Waals surface area (Å²) in [5.41, 5.74) is 8.10.